The van der Waals surface area contributed by atoms with Gasteiger partial charge in [0.2, 0.25) is 0 Å². The van der Waals surface area contributed by atoms with Crippen LogP contribution in [0.15, 0.2) is 22.8 Å². The first-order valence-corrected chi connectivity index (χ1v) is 5.70. The van der Waals surface area contributed by atoms with E-state index in [2.05, 4.69) is 46.1 Å². The van der Waals surface area contributed by atoms with Crippen molar-refractivity contribution in [2.45, 2.75) is 26.3 Å². The highest BCUT2D eigenvalue weighted by molar-refractivity contribution is 9.10. The molecule has 0 amide bonds. The summed E-state index contributed by atoms with van der Waals surface area (Å²) in [4.78, 5) is 4.36. The average Bonchev–Trinajstić information content (AvgIpc) is 2.20. The molecule has 1 heterocycles. The molecule has 0 bridgehead atoms. The van der Waals surface area contributed by atoms with Gasteiger partial charge in [0, 0.05) is 22.4 Å². The molecule has 0 aliphatic heterocycles. The number of hydrogen-bond donors (Lipinski definition) is 1. The fourth-order valence-electron chi connectivity index (χ4n) is 1.32. The highest BCUT2D eigenvalue weighted by Crippen LogP contribution is 2.12. The molecule has 2 atom stereocenters. The highest BCUT2D eigenvalue weighted by Gasteiger charge is 2.10. The summed E-state index contributed by atoms with van der Waals surface area (Å²) in [6, 6.07) is 4.64. The van der Waals surface area contributed by atoms with Gasteiger partial charge >= 0.3 is 0 Å². The van der Waals surface area contributed by atoms with E-state index in [-0.39, 0.29) is 0 Å². The molecule has 0 saturated carbocycles. The van der Waals surface area contributed by atoms with Crippen LogP contribution in [0.4, 0.5) is 0 Å². The van der Waals surface area contributed by atoms with Gasteiger partial charge in [-0.1, -0.05) is 6.92 Å². The predicted octanol–water partition coefficient (Wildman–Crippen LogP) is 2.63. The fourth-order valence-corrected chi connectivity index (χ4v) is 1.55. The van der Waals surface area contributed by atoms with Crippen LogP contribution >= 0.6 is 15.9 Å². The Morgan fingerprint density at radius 1 is 1.43 bits per heavy atom. The summed E-state index contributed by atoms with van der Waals surface area (Å²) < 4.78 is 1.04. The number of rotatable bonds is 4. The van der Waals surface area contributed by atoms with E-state index in [1.54, 1.807) is 0 Å². The Bertz CT molecular complexity index is 271. The second-order valence-electron chi connectivity index (χ2n) is 3.73. The van der Waals surface area contributed by atoms with Gasteiger partial charge in [-0.25, -0.2) is 0 Å². The zero-order valence-electron chi connectivity index (χ0n) is 8.92. The van der Waals surface area contributed by atoms with Crippen LogP contribution in [0.25, 0.3) is 0 Å². The van der Waals surface area contributed by atoms with Gasteiger partial charge in [-0.15, -0.1) is 0 Å². The number of pyridine rings is 1. The SMILES string of the molecule is CNC(C)C(C)Cc1ccc(Br)cn1. The minimum absolute atomic E-state index is 0.528. The molecule has 0 saturated heterocycles. The van der Waals surface area contributed by atoms with Crippen molar-refractivity contribution in [1.29, 1.82) is 0 Å². The van der Waals surface area contributed by atoms with Crippen molar-refractivity contribution in [2.75, 3.05) is 7.05 Å². The number of hydrogen-bond acceptors (Lipinski definition) is 2. The molecule has 0 spiro atoms. The lowest BCUT2D eigenvalue weighted by molar-refractivity contribution is 0.420. The topological polar surface area (TPSA) is 24.9 Å². The van der Waals surface area contributed by atoms with Crippen LogP contribution in [-0.4, -0.2) is 18.1 Å². The Labute approximate surface area is 94.3 Å². The van der Waals surface area contributed by atoms with E-state index in [4.69, 9.17) is 0 Å². The lowest BCUT2D eigenvalue weighted by atomic mass is 9.98. The molecule has 2 unspecified atom stereocenters. The molecular formula is C11H17BrN2. The molecule has 0 radical (unpaired) electrons. The van der Waals surface area contributed by atoms with Crippen LogP contribution in [0.2, 0.25) is 0 Å². The lowest BCUT2D eigenvalue weighted by Crippen LogP contribution is -2.30. The fraction of sp³-hybridized carbons (Fsp3) is 0.545. The quantitative estimate of drug-likeness (QED) is 0.896. The molecule has 1 aromatic heterocycles. The molecule has 2 nitrogen and oxygen atoms in total. The third-order valence-electron chi connectivity index (χ3n) is 2.63. The molecule has 1 N–H and O–H groups in total. The van der Waals surface area contributed by atoms with Crippen molar-refractivity contribution in [2.24, 2.45) is 5.92 Å². The van der Waals surface area contributed by atoms with Gasteiger partial charge in [0.15, 0.2) is 0 Å². The number of nitrogens with zero attached hydrogens (tertiary/aromatic N) is 1. The van der Waals surface area contributed by atoms with Crippen LogP contribution in [0, 0.1) is 5.92 Å². The maximum atomic E-state index is 4.36. The van der Waals surface area contributed by atoms with Gasteiger partial charge in [-0.2, -0.15) is 0 Å². The van der Waals surface area contributed by atoms with Crippen LogP contribution in [-0.2, 0) is 6.42 Å². The molecule has 14 heavy (non-hydrogen) atoms. The van der Waals surface area contributed by atoms with E-state index in [1.165, 1.54) is 0 Å². The summed E-state index contributed by atoms with van der Waals surface area (Å²) >= 11 is 3.38. The Balaban J connectivity index is 2.56. The predicted molar refractivity (Wildman–Crippen MR) is 63.3 cm³/mol. The summed E-state index contributed by atoms with van der Waals surface area (Å²) in [5, 5.41) is 3.26. The third kappa shape index (κ3) is 3.39. The summed E-state index contributed by atoms with van der Waals surface area (Å²) in [6.45, 7) is 4.44. The maximum absolute atomic E-state index is 4.36. The van der Waals surface area contributed by atoms with Crippen molar-refractivity contribution < 1.29 is 0 Å². The Morgan fingerprint density at radius 2 is 2.14 bits per heavy atom. The molecular weight excluding hydrogens is 240 g/mol. The molecule has 1 rings (SSSR count). The zero-order valence-corrected chi connectivity index (χ0v) is 10.5. The largest absolute Gasteiger partial charge is 0.317 e. The molecule has 1 aromatic rings. The monoisotopic (exact) mass is 256 g/mol. The van der Waals surface area contributed by atoms with Crippen molar-refractivity contribution in [3.63, 3.8) is 0 Å². The lowest BCUT2D eigenvalue weighted by Gasteiger charge is -2.18. The van der Waals surface area contributed by atoms with E-state index in [0.717, 1.165) is 16.6 Å². The number of aromatic nitrogens is 1. The van der Waals surface area contributed by atoms with Crippen LogP contribution in [0.5, 0.6) is 0 Å². The van der Waals surface area contributed by atoms with Gasteiger partial charge in [-0.05, 0) is 54.4 Å². The minimum Gasteiger partial charge on any atom is -0.317 e. The molecule has 0 aliphatic carbocycles. The van der Waals surface area contributed by atoms with Gasteiger partial charge in [0.05, 0.1) is 0 Å². The van der Waals surface area contributed by atoms with Crippen molar-refractivity contribution >= 4 is 15.9 Å². The molecule has 0 aliphatic rings. The normalized spacial score (nSPS) is 15.1. The van der Waals surface area contributed by atoms with E-state index in [9.17, 15) is 0 Å². The van der Waals surface area contributed by atoms with Crippen molar-refractivity contribution in [3.8, 4) is 0 Å². The average molecular weight is 257 g/mol. The van der Waals surface area contributed by atoms with E-state index in [0.29, 0.717) is 12.0 Å². The highest BCUT2D eigenvalue weighted by atomic mass is 79.9. The first-order valence-electron chi connectivity index (χ1n) is 4.91. The molecule has 0 aromatic carbocycles. The van der Waals surface area contributed by atoms with E-state index >= 15 is 0 Å². The smallest absolute Gasteiger partial charge is 0.0413 e. The van der Waals surface area contributed by atoms with Crippen molar-refractivity contribution in [3.05, 3.63) is 28.5 Å². The third-order valence-corrected chi connectivity index (χ3v) is 3.10. The van der Waals surface area contributed by atoms with Crippen LogP contribution in [0.1, 0.15) is 19.5 Å². The van der Waals surface area contributed by atoms with Gasteiger partial charge < -0.3 is 5.32 Å². The first kappa shape index (κ1) is 11.7. The molecule has 3 heteroatoms. The second kappa shape index (κ2) is 5.47. The van der Waals surface area contributed by atoms with Gasteiger partial charge in [-0.3, -0.25) is 4.98 Å². The Morgan fingerprint density at radius 3 is 2.64 bits per heavy atom. The maximum Gasteiger partial charge on any atom is 0.0413 e. The number of halogens is 1. The number of nitrogens with one attached hydrogen (secondary N) is 1. The van der Waals surface area contributed by atoms with Crippen LogP contribution in [0.3, 0.4) is 0 Å². The van der Waals surface area contributed by atoms with Gasteiger partial charge in [0.1, 0.15) is 0 Å². The van der Waals surface area contributed by atoms with E-state index < -0.39 is 0 Å². The molecule has 78 valence electrons. The summed E-state index contributed by atoms with van der Waals surface area (Å²) in [6.07, 6.45) is 2.88. The zero-order chi connectivity index (χ0) is 10.6. The Hall–Kier alpha value is -0.410. The summed E-state index contributed by atoms with van der Waals surface area (Å²) in [7, 11) is 2.00. The second-order valence-corrected chi connectivity index (χ2v) is 4.64. The Kier molecular flexibility index (Phi) is 4.55. The summed E-state index contributed by atoms with van der Waals surface area (Å²) in [5.74, 6) is 0.605. The minimum atomic E-state index is 0.528. The summed E-state index contributed by atoms with van der Waals surface area (Å²) in [5.41, 5.74) is 1.16. The first-order chi connectivity index (χ1) is 6.63. The standard InChI is InChI=1S/C11H17BrN2/c1-8(9(2)13-3)6-11-5-4-10(12)7-14-11/h4-5,7-9,13H,6H2,1-3H3. The van der Waals surface area contributed by atoms with Crippen molar-refractivity contribution in [1.82, 2.24) is 10.3 Å². The van der Waals surface area contributed by atoms with Crippen LogP contribution < -0.4 is 5.32 Å². The van der Waals surface area contributed by atoms with Gasteiger partial charge in [0.25, 0.3) is 0 Å². The van der Waals surface area contributed by atoms with E-state index in [1.807, 2.05) is 19.3 Å². The molecule has 0 fully saturated rings.